The van der Waals surface area contributed by atoms with E-state index in [2.05, 4.69) is 5.32 Å². The first-order valence-electron chi connectivity index (χ1n) is 9.73. The molecule has 1 heterocycles. The molecule has 0 unspecified atom stereocenters. The molecule has 156 valence electrons. The predicted octanol–water partition coefficient (Wildman–Crippen LogP) is 1.75. The molecule has 2 aromatic carbocycles. The molecule has 1 aliphatic rings. The first-order valence-corrected chi connectivity index (χ1v) is 11.3. The highest BCUT2D eigenvalue weighted by Gasteiger charge is 2.26. The first kappa shape index (κ1) is 21.4. The van der Waals surface area contributed by atoms with E-state index >= 15 is 0 Å². The SMILES string of the molecule is O=C(c1ccccc1F)N(CCc1ccccc1)CCS(=O)(=O)N1CCNCC1. The summed E-state index contributed by atoms with van der Waals surface area (Å²) in [5.74, 6) is -1.27. The third-order valence-corrected chi connectivity index (χ3v) is 6.84. The van der Waals surface area contributed by atoms with E-state index in [0.29, 0.717) is 39.1 Å². The van der Waals surface area contributed by atoms with Crippen LogP contribution in [0.4, 0.5) is 4.39 Å². The van der Waals surface area contributed by atoms with Gasteiger partial charge in [-0.25, -0.2) is 12.8 Å². The molecule has 0 aliphatic carbocycles. The fraction of sp³-hybridized carbons (Fsp3) is 0.381. The summed E-state index contributed by atoms with van der Waals surface area (Å²) in [5.41, 5.74) is 0.990. The Morgan fingerprint density at radius 1 is 1.00 bits per heavy atom. The highest BCUT2D eigenvalue weighted by molar-refractivity contribution is 7.89. The van der Waals surface area contributed by atoms with Crippen LogP contribution in [0.3, 0.4) is 0 Å². The van der Waals surface area contributed by atoms with Gasteiger partial charge in [0.25, 0.3) is 5.91 Å². The van der Waals surface area contributed by atoms with E-state index in [-0.39, 0.29) is 17.9 Å². The number of hydrogen-bond acceptors (Lipinski definition) is 4. The monoisotopic (exact) mass is 419 g/mol. The summed E-state index contributed by atoms with van der Waals surface area (Å²) in [6.07, 6.45) is 0.564. The van der Waals surface area contributed by atoms with E-state index in [4.69, 9.17) is 0 Å². The number of halogens is 1. The molecule has 0 atom stereocenters. The van der Waals surface area contributed by atoms with Gasteiger partial charge in [0.2, 0.25) is 10.0 Å². The summed E-state index contributed by atoms with van der Waals surface area (Å²) >= 11 is 0. The first-order chi connectivity index (χ1) is 14.0. The molecule has 29 heavy (non-hydrogen) atoms. The molecule has 0 spiro atoms. The van der Waals surface area contributed by atoms with Crippen LogP contribution in [0.25, 0.3) is 0 Å². The maximum atomic E-state index is 14.1. The van der Waals surface area contributed by atoms with Crippen molar-refractivity contribution in [3.63, 3.8) is 0 Å². The zero-order chi connectivity index (χ0) is 20.7. The standard InChI is InChI=1S/C21H26FN3O3S/c22-20-9-5-4-8-19(20)21(26)24(13-10-18-6-2-1-3-7-18)16-17-29(27,28)25-14-11-23-12-15-25/h1-9,23H,10-17H2. The summed E-state index contributed by atoms with van der Waals surface area (Å²) < 4.78 is 41.0. The third-order valence-electron chi connectivity index (χ3n) is 4.99. The Morgan fingerprint density at radius 3 is 2.34 bits per heavy atom. The molecule has 1 amide bonds. The van der Waals surface area contributed by atoms with Crippen LogP contribution in [0.1, 0.15) is 15.9 Å². The Labute approximate surface area is 171 Å². The number of hydrogen-bond donors (Lipinski definition) is 1. The topological polar surface area (TPSA) is 69.7 Å². The maximum Gasteiger partial charge on any atom is 0.256 e. The highest BCUT2D eigenvalue weighted by atomic mass is 32.2. The predicted molar refractivity (Wildman–Crippen MR) is 111 cm³/mol. The molecule has 3 rings (SSSR count). The number of sulfonamides is 1. The lowest BCUT2D eigenvalue weighted by atomic mass is 10.1. The Kier molecular flexibility index (Phi) is 7.35. The Morgan fingerprint density at radius 2 is 1.66 bits per heavy atom. The van der Waals surface area contributed by atoms with Gasteiger partial charge in [-0.3, -0.25) is 4.79 Å². The van der Waals surface area contributed by atoms with E-state index in [1.807, 2.05) is 30.3 Å². The second kappa shape index (κ2) is 9.96. The quantitative estimate of drug-likeness (QED) is 0.708. The lowest BCUT2D eigenvalue weighted by Crippen LogP contribution is -2.48. The molecule has 1 fully saturated rings. The minimum atomic E-state index is -3.48. The normalized spacial score (nSPS) is 15.2. The number of benzene rings is 2. The van der Waals surface area contributed by atoms with Crippen LogP contribution in [0.5, 0.6) is 0 Å². The largest absolute Gasteiger partial charge is 0.337 e. The highest BCUT2D eigenvalue weighted by Crippen LogP contribution is 2.13. The average molecular weight is 420 g/mol. The van der Waals surface area contributed by atoms with Crippen molar-refractivity contribution >= 4 is 15.9 Å². The number of nitrogens with one attached hydrogen (secondary N) is 1. The van der Waals surface area contributed by atoms with E-state index < -0.39 is 21.7 Å². The minimum absolute atomic E-state index is 0.0201. The second-order valence-corrected chi connectivity index (χ2v) is 9.06. The van der Waals surface area contributed by atoms with Gasteiger partial charge >= 0.3 is 0 Å². The van der Waals surface area contributed by atoms with E-state index in [0.717, 1.165) is 5.56 Å². The van der Waals surface area contributed by atoms with Crippen molar-refractivity contribution in [1.29, 1.82) is 0 Å². The van der Waals surface area contributed by atoms with E-state index in [1.54, 1.807) is 6.07 Å². The molecule has 2 aromatic rings. The van der Waals surface area contributed by atoms with Gasteiger partial charge in [0.05, 0.1) is 11.3 Å². The van der Waals surface area contributed by atoms with Crippen LogP contribution in [-0.2, 0) is 16.4 Å². The number of piperazine rings is 1. The van der Waals surface area contributed by atoms with Crippen molar-refractivity contribution < 1.29 is 17.6 Å². The van der Waals surface area contributed by atoms with Gasteiger partial charge in [0.1, 0.15) is 5.82 Å². The molecule has 8 heteroatoms. The van der Waals surface area contributed by atoms with Gasteiger partial charge < -0.3 is 10.2 Å². The summed E-state index contributed by atoms with van der Waals surface area (Å²) in [4.78, 5) is 14.4. The fourth-order valence-electron chi connectivity index (χ4n) is 3.31. The van der Waals surface area contributed by atoms with Gasteiger partial charge in [-0.15, -0.1) is 0 Å². The summed E-state index contributed by atoms with van der Waals surface area (Å²) in [6, 6.07) is 15.4. The zero-order valence-electron chi connectivity index (χ0n) is 16.3. The fourth-order valence-corrected chi connectivity index (χ4v) is 4.75. The van der Waals surface area contributed by atoms with Gasteiger partial charge in [0, 0.05) is 39.3 Å². The minimum Gasteiger partial charge on any atom is -0.337 e. The maximum absolute atomic E-state index is 14.1. The molecule has 1 saturated heterocycles. The third kappa shape index (κ3) is 5.85. The molecule has 1 N–H and O–H groups in total. The van der Waals surface area contributed by atoms with Crippen molar-refractivity contribution in [3.05, 3.63) is 71.5 Å². The summed E-state index contributed by atoms with van der Waals surface area (Å²) in [5, 5.41) is 3.12. The number of rotatable bonds is 8. The van der Waals surface area contributed by atoms with Crippen LogP contribution in [0, 0.1) is 5.82 Å². The van der Waals surface area contributed by atoms with Crippen LogP contribution < -0.4 is 5.32 Å². The Balaban J connectivity index is 1.73. The van der Waals surface area contributed by atoms with Crippen LogP contribution in [0.2, 0.25) is 0 Å². The average Bonchev–Trinajstić information content (AvgIpc) is 2.75. The van der Waals surface area contributed by atoms with Crippen LogP contribution in [-0.4, -0.2) is 68.6 Å². The smallest absolute Gasteiger partial charge is 0.256 e. The number of carbonyl (C=O) groups is 1. The van der Waals surface area contributed by atoms with Gasteiger partial charge in [-0.1, -0.05) is 42.5 Å². The van der Waals surface area contributed by atoms with Gasteiger partial charge in [-0.05, 0) is 24.1 Å². The number of amides is 1. The van der Waals surface area contributed by atoms with E-state index in [9.17, 15) is 17.6 Å². The van der Waals surface area contributed by atoms with Gasteiger partial charge in [-0.2, -0.15) is 4.31 Å². The van der Waals surface area contributed by atoms with Crippen molar-refractivity contribution in [2.24, 2.45) is 0 Å². The zero-order valence-corrected chi connectivity index (χ0v) is 17.1. The van der Waals surface area contributed by atoms with E-state index in [1.165, 1.54) is 27.4 Å². The molecule has 0 aromatic heterocycles. The molecular formula is C21H26FN3O3S. The molecule has 1 aliphatic heterocycles. The number of nitrogens with zero attached hydrogens (tertiary/aromatic N) is 2. The second-order valence-electron chi connectivity index (χ2n) is 6.97. The Hall–Kier alpha value is -2.29. The molecule has 6 nitrogen and oxygen atoms in total. The van der Waals surface area contributed by atoms with Gasteiger partial charge in [0.15, 0.2) is 0 Å². The molecule has 0 bridgehead atoms. The summed E-state index contributed by atoms with van der Waals surface area (Å²) in [6.45, 7) is 2.41. The van der Waals surface area contributed by atoms with Crippen molar-refractivity contribution in [2.45, 2.75) is 6.42 Å². The van der Waals surface area contributed by atoms with Crippen molar-refractivity contribution in [1.82, 2.24) is 14.5 Å². The lowest BCUT2D eigenvalue weighted by molar-refractivity contribution is 0.0762. The Bertz CT molecular complexity index is 916. The lowest BCUT2D eigenvalue weighted by Gasteiger charge is -2.28. The van der Waals surface area contributed by atoms with Crippen LogP contribution >= 0.6 is 0 Å². The molecule has 0 saturated carbocycles. The van der Waals surface area contributed by atoms with Crippen molar-refractivity contribution in [3.8, 4) is 0 Å². The number of carbonyl (C=O) groups excluding carboxylic acids is 1. The molecule has 0 radical (unpaired) electrons. The summed E-state index contributed by atoms with van der Waals surface area (Å²) in [7, 11) is -3.48. The van der Waals surface area contributed by atoms with Crippen LogP contribution in [0.15, 0.2) is 54.6 Å². The van der Waals surface area contributed by atoms with Crippen molar-refractivity contribution in [2.75, 3.05) is 45.0 Å². The molecular weight excluding hydrogens is 393 g/mol.